The molecule has 0 amide bonds. The van der Waals surface area contributed by atoms with Crippen molar-refractivity contribution in [1.29, 1.82) is 0 Å². The first kappa shape index (κ1) is 12.3. The molecule has 0 saturated heterocycles. The van der Waals surface area contributed by atoms with E-state index in [2.05, 4.69) is 0 Å². The van der Waals surface area contributed by atoms with E-state index in [1.807, 2.05) is 43.3 Å². The van der Waals surface area contributed by atoms with Crippen LogP contribution in [0.2, 0.25) is 0 Å². The molecular formula is C14H17O2P. The van der Waals surface area contributed by atoms with E-state index in [9.17, 15) is 9.79 Å². The van der Waals surface area contributed by atoms with Gasteiger partial charge in [0.25, 0.3) is 0 Å². The molecule has 0 heterocycles. The first-order chi connectivity index (χ1) is 8.07. The maximum absolute atomic E-state index is 10.9. The average molecular weight is 248 g/mol. The standard InChI is InChI=1S/C14H17O2P/c1-2-17(15,16,13-9-5-3-6-10-13)14-11-7-4-8-12-14/h3-12,15-16H,2H2,1H3. The Morgan fingerprint density at radius 1 is 0.765 bits per heavy atom. The molecular weight excluding hydrogens is 231 g/mol. The Balaban J connectivity index is 2.65. The number of hydrogen-bond acceptors (Lipinski definition) is 2. The van der Waals surface area contributed by atoms with Crippen molar-refractivity contribution < 1.29 is 9.79 Å². The van der Waals surface area contributed by atoms with Gasteiger partial charge in [-0.15, -0.1) is 0 Å². The van der Waals surface area contributed by atoms with Crippen molar-refractivity contribution in [3.8, 4) is 0 Å². The van der Waals surface area contributed by atoms with Crippen molar-refractivity contribution in [2.45, 2.75) is 6.92 Å². The van der Waals surface area contributed by atoms with Gasteiger partial charge in [-0.3, -0.25) is 0 Å². The molecule has 2 rings (SSSR count). The molecule has 17 heavy (non-hydrogen) atoms. The van der Waals surface area contributed by atoms with E-state index in [0.29, 0.717) is 16.8 Å². The Kier molecular flexibility index (Phi) is 3.05. The van der Waals surface area contributed by atoms with E-state index in [0.717, 1.165) is 0 Å². The van der Waals surface area contributed by atoms with Crippen LogP contribution in [0.1, 0.15) is 6.92 Å². The summed E-state index contributed by atoms with van der Waals surface area (Å²) in [5, 5.41) is 1.24. The molecule has 2 aromatic rings. The molecule has 0 aliphatic rings. The molecule has 2 aromatic carbocycles. The normalized spacial score (nSPS) is 13.9. The van der Waals surface area contributed by atoms with Crippen LogP contribution in [0.5, 0.6) is 0 Å². The summed E-state index contributed by atoms with van der Waals surface area (Å²) in [7, 11) is -3.96. The molecule has 0 fully saturated rings. The SMILES string of the molecule is CCP(O)(O)(c1ccccc1)c1ccccc1. The van der Waals surface area contributed by atoms with Crippen LogP contribution in [-0.2, 0) is 0 Å². The molecule has 0 atom stereocenters. The second-order valence-corrected chi connectivity index (χ2v) is 8.25. The summed E-state index contributed by atoms with van der Waals surface area (Å²) in [6.07, 6.45) is 0.319. The summed E-state index contributed by atoms with van der Waals surface area (Å²) in [6, 6.07) is 18.2. The monoisotopic (exact) mass is 248 g/mol. The third-order valence-electron chi connectivity index (χ3n) is 3.20. The van der Waals surface area contributed by atoms with Crippen LogP contribution in [0.25, 0.3) is 0 Å². The van der Waals surface area contributed by atoms with Crippen molar-refractivity contribution >= 4 is 17.7 Å². The first-order valence-electron chi connectivity index (χ1n) is 5.69. The fourth-order valence-corrected chi connectivity index (χ4v) is 4.62. The molecule has 0 aliphatic heterocycles. The molecule has 2 nitrogen and oxygen atoms in total. The number of benzene rings is 2. The third kappa shape index (κ3) is 2.00. The second-order valence-electron chi connectivity index (χ2n) is 4.19. The van der Waals surface area contributed by atoms with E-state index in [1.54, 1.807) is 24.3 Å². The van der Waals surface area contributed by atoms with Gasteiger partial charge in [-0.25, -0.2) is 0 Å². The summed E-state index contributed by atoms with van der Waals surface area (Å²) < 4.78 is 0. The van der Waals surface area contributed by atoms with Crippen molar-refractivity contribution in [2.24, 2.45) is 0 Å². The zero-order valence-corrected chi connectivity index (χ0v) is 10.7. The minimum atomic E-state index is -3.96. The Morgan fingerprint density at radius 3 is 1.41 bits per heavy atom. The predicted octanol–water partition coefficient (Wildman–Crippen LogP) is 2.03. The van der Waals surface area contributed by atoms with Crippen molar-refractivity contribution in [3.05, 3.63) is 60.7 Å². The van der Waals surface area contributed by atoms with Crippen LogP contribution in [0.15, 0.2) is 60.7 Å². The molecule has 2 N–H and O–H groups in total. The summed E-state index contributed by atoms with van der Waals surface area (Å²) in [4.78, 5) is 21.8. The van der Waals surface area contributed by atoms with Crippen LogP contribution >= 0.6 is 7.06 Å². The third-order valence-corrected chi connectivity index (χ3v) is 7.16. The zero-order chi connectivity index (χ0) is 12.4. The molecule has 0 aromatic heterocycles. The molecule has 3 heteroatoms. The van der Waals surface area contributed by atoms with Gasteiger partial charge in [0, 0.05) is 0 Å². The average Bonchev–Trinajstić information content (AvgIpc) is 2.41. The Bertz CT molecular complexity index is 451. The Morgan fingerprint density at radius 2 is 1.12 bits per heavy atom. The quantitative estimate of drug-likeness (QED) is 0.816. The van der Waals surface area contributed by atoms with E-state index in [1.165, 1.54) is 0 Å². The van der Waals surface area contributed by atoms with Crippen molar-refractivity contribution in [1.82, 2.24) is 0 Å². The summed E-state index contributed by atoms with van der Waals surface area (Å²) in [5.74, 6) is 0. The Labute approximate surface area is 102 Å². The molecule has 0 radical (unpaired) electrons. The second kappa shape index (κ2) is 4.23. The fourth-order valence-electron chi connectivity index (χ4n) is 2.00. The maximum atomic E-state index is 10.9. The van der Waals surface area contributed by atoms with Gasteiger partial charge in [0.1, 0.15) is 0 Å². The van der Waals surface area contributed by atoms with Crippen molar-refractivity contribution in [3.63, 3.8) is 0 Å². The predicted molar refractivity (Wildman–Crippen MR) is 74.1 cm³/mol. The van der Waals surface area contributed by atoms with E-state index in [-0.39, 0.29) is 0 Å². The van der Waals surface area contributed by atoms with Gasteiger partial charge in [0.2, 0.25) is 0 Å². The van der Waals surface area contributed by atoms with Crippen LogP contribution in [0.3, 0.4) is 0 Å². The molecule has 90 valence electrons. The molecule has 0 bridgehead atoms. The summed E-state index contributed by atoms with van der Waals surface area (Å²) in [5.41, 5.74) is 0. The van der Waals surface area contributed by atoms with Crippen LogP contribution in [0.4, 0.5) is 0 Å². The summed E-state index contributed by atoms with van der Waals surface area (Å²) in [6.45, 7) is 1.82. The fraction of sp³-hybridized carbons (Fsp3) is 0.143. The van der Waals surface area contributed by atoms with Gasteiger partial charge in [0.15, 0.2) is 0 Å². The molecule has 0 spiro atoms. The number of rotatable bonds is 3. The minimum absolute atomic E-state index is 0.319. The van der Waals surface area contributed by atoms with Gasteiger partial charge >= 0.3 is 101 Å². The van der Waals surface area contributed by atoms with E-state index in [4.69, 9.17) is 0 Å². The van der Waals surface area contributed by atoms with E-state index >= 15 is 0 Å². The zero-order valence-electron chi connectivity index (χ0n) is 9.82. The first-order valence-corrected chi connectivity index (χ1v) is 8.02. The molecule has 0 aliphatic carbocycles. The van der Waals surface area contributed by atoms with Crippen LogP contribution < -0.4 is 10.6 Å². The van der Waals surface area contributed by atoms with Crippen LogP contribution in [0, 0.1) is 0 Å². The van der Waals surface area contributed by atoms with Gasteiger partial charge in [0.05, 0.1) is 0 Å². The molecule has 0 unspecified atom stereocenters. The van der Waals surface area contributed by atoms with Crippen molar-refractivity contribution in [2.75, 3.05) is 6.16 Å². The van der Waals surface area contributed by atoms with E-state index < -0.39 is 7.06 Å². The molecule has 0 saturated carbocycles. The topological polar surface area (TPSA) is 40.5 Å². The van der Waals surface area contributed by atoms with Gasteiger partial charge in [-0.05, 0) is 0 Å². The number of hydrogen-bond donors (Lipinski definition) is 2. The van der Waals surface area contributed by atoms with Crippen LogP contribution in [-0.4, -0.2) is 15.9 Å². The summed E-state index contributed by atoms with van der Waals surface area (Å²) >= 11 is 0. The Hall–Kier alpha value is -1.21. The van der Waals surface area contributed by atoms with Gasteiger partial charge in [-0.1, -0.05) is 0 Å². The van der Waals surface area contributed by atoms with Gasteiger partial charge < -0.3 is 0 Å². The van der Waals surface area contributed by atoms with Gasteiger partial charge in [-0.2, -0.15) is 0 Å².